The minimum absolute atomic E-state index is 0.0127. The molecule has 96 valence electrons. The molecule has 0 radical (unpaired) electrons. The third-order valence-electron chi connectivity index (χ3n) is 2.96. The molecule has 19 heavy (non-hydrogen) atoms. The van der Waals surface area contributed by atoms with Gasteiger partial charge in [-0.2, -0.15) is 0 Å². The van der Waals surface area contributed by atoms with Gasteiger partial charge in [0.2, 0.25) is 0 Å². The van der Waals surface area contributed by atoms with Gasteiger partial charge in [-0.15, -0.1) is 0 Å². The minimum Gasteiger partial charge on any atom is -0.496 e. The number of hydrogen-bond donors (Lipinski definition) is 0. The second kappa shape index (κ2) is 6.01. The Hall–Kier alpha value is -2.35. The Labute approximate surface area is 113 Å². The summed E-state index contributed by atoms with van der Waals surface area (Å²) in [4.78, 5) is 12.4. The van der Waals surface area contributed by atoms with Crippen LogP contribution in [0, 0.1) is 0 Å². The second-order valence-corrected chi connectivity index (χ2v) is 4.22. The van der Waals surface area contributed by atoms with Gasteiger partial charge in [0.25, 0.3) is 0 Å². The standard InChI is InChI=1S/C17H16O2/c1-13(16(18)14-9-5-3-6-10-14)17(19-2)15-11-7-4-8-12-15/h3-12H,1-2H3/b17-13-. The van der Waals surface area contributed by atoms with E-state index in [0.29, 0.717) is 16.9 Å². The third kappa shape index (κ3) is 2.91. The monoisotopic (exact) mass is 252 g/mol. The summed E-state index contributed by atoms with van der Waals surface area (Å²) >= 11 is 0. The molecule has 0 heterocycles. The van der Waals surface area contributed by atoms with Crippen LogP contribution in [0.4, 0.5) is 0 Å². The van der Waals surface area contributed by atoms with Crippen LogP contribution in [0.1, 0.15) is 22.8 Å². The van der Waals surface area contributed by atoms with Crippen molar-refractivity contribution in [2.24, 2.45) is 0 Å². The topological polar surface area (TPSA) is 26.3 Å². The van der Waals surface area contributed by atoms with Crippen LogP contribution < -0.4 is 0 Å². The number of benzene rings is 2. The van der Waals surface area contributed by atoms with E-state index in [1.54, 1.807) is 14.0 Å². The number of Topliss-reactive ketones (excluding diaryl/α,β-unsaturated/α-hetero) is 1. The van der Waals surface area contributed by atoms with E-state index in [-0.39, 0.29) is 5.78 Å². The highest BCUT2D eigenvalue weighted by Crippen LogP contribution is 2.21. The molecule has 0 atom stereocenters. The van der Waals surface area contributed by atoms with Crippen LogP contribution >= 0.6 is 0 Å². The van der Waals surface area contributed by atoms with Crippen molar-refractivity contribution >= 4 is 11.5 Å². The molecule has 0 saturated heterocycles. The number of carbonyl (C=O) groups is 1. The van der Waals surface area contributed by atoms with Crippen molar-refractivity contribution in [1.82, 2.24) is 0 Å². The summed E-state index contributed by atoms with van der Waals surface area (Å²) in [7, 11) is 1.59. The summed E-state index contributed by atoms with van der Waals surface area (Å²) < 4.78 is 5.40. The number of carbonyl (C=O) groups excluding carboxylic acids is 1. The first-order chi connectivity index (χ1) is 9.24. The molecule has 0 saturated carbocycles. The molecule has 2 nitrogen and oxygen atoms in total. The summed E-state index contributed by atoms with van der Waals surface area (Å²) in [5, 5.41) is 0. The van der Waals surface area contributed by atoms with Crippen LogP contribution in [0.15, 0.2) is 66.2 Å². The van der Waals surface area contributed by atoms with Gasteiger partial charge in [0.15, 0.2) is 5.78 Å². The molecular formula is C17H16O2. The Balaban J connectivity index is 2.42. The largest absolute Gasteiger partial charge is 0.496 e. The van der Waals surface area contributed by atoms with Gasteiger partial charge in [0.05, 0.1) is 7.11 Å². The molecule has 0 amide bonds. The zero-order valence-corrected chi connectivity index (χ0v) is 11.1. The van der Waals surface area contributed by atoms with Gasteiger partial charge in [0, 0.05) is 16.7 Å². The van der Waals surface area contributed by atoms with Gasteiger partial charge in [-0.3, -0.25) is 4.79 Å². The molecule has 2 rings (SSSR count). The van der Waals surface area contributed by atoms with E-state index in [0.717, 1.165) is 5.56 Å². The molecule has 0 aliphatic heterocycles. The van der Waals surface area contributed by atoms with Crippen LogP contribution in [0.3, 0.4) is 0 Å². The van der Waals surface area contributed by atoms with Gasteiger partial charge >= 0.3 is 0 Å². The maximum absolute atomic E-state index is 12.4. The summed E-state index contributed by atoms with van der Waals surface area (Å²) in [6, 6.07) is 18.9. The Morgan fingerprint density at radius 3 is 1.79 bits per heavy atom. The fraction of sp³-hybridized carbons (Fsp3) is 0.118. The van der Waals surface area contributed by atoms with E-state index in [2.05, 4.69) is 0 Å². The van der Waals surface area contributed by atoms with Crippen LogP contribution in [0.5, 0.6) is 0 Å². The number of ether oxygens (including phenoxy) is 1. The van der Waals surface area contributed by atoms with Crippen molar-refractivity contribution in [3.05, 3.63) is 77.4 Å². The maximum Gasteiger partial charge on any atom is 0.192 e. The van der Waals surface area contributed by atoms with Gasteiger partial charge in [-0.25, -0.2) is 0 Å². The van der Waals surface area contributed by atoms with Gasteiger partial charge in [-0.1, -0.05) is 60.7 Å². The first-order valence-electron chi connectivity index (χ1n) is 6.14. The SMILES string of the molecule is CO/C(=C(/C)C(=O)c1ccccc1)c1ccccc1. The Morgan fingerprint density at radius 1 is 0.842 bits per heavy atom. The van der Waals surface area contributed by atoms with E-state index in [9.17, 15) is 4.79 Å². The van der Waals surface area contributed by atoms with Gasteiger partial charge in [0.1, 0.15) is 5.76 Å². The highest BCUT2D eigenvalue weighted by molar-refractivity contribution is 6.12. The summed E-state index contributed by atoms with van der Waals surface area (Å²) in [6.07, 6.45) is 0. The summed E-state index contributed by atoms with van der Waals surface area (Å²) in [6.45, 7) is 1.79. The maximum atomic E-state index is 12.4. The average molecular weight is 252 g/mol. The van der Waals surface area contributed by atoms with Crippen LogP contribution in [0.25, 0.3) is 5.76 Å². The number of allylic oxidation sites excluding steroid dienone is 1. The number of ketones is 1. The first kappa shape index (κ1) is 13.1. The summed E-state index contributed by atoms with van der Waals surface area (Å²) in [5.74, 6) is 0.607. The molecule has 2 aromatic carbocycles. The lowest BCUT2D eigenvalue weighted by atomic mass is 10.0. The normalized spacial score (nSPS) is 11.7. The van der Waals surface area contributed by atoms with Crippen molar-refractivity contribution in [2.75, 3.05) is 7.11 Å². The molecule has 0 fully saturated rings. The fourth-order valence-corrected chi connectivity index (χ4v) is 1.99. The molecule has 0 spiro atoms. The summed E-state index contributed by atoms with van der Waals surface area (Å²) in [5.41, 5.74) is 2.19. The highest BCUT2D eigenvalue weighted by atomic mass is 16.5. The van der Waals surface area contributed by atoms with Crippen LogP contribution in [-0.4, -0.2) is 12.9 Å². The van der Waals surface area contributed by atoms with Crippen molar-refractivity contribution in [3.8, 4) is 0 Å². The predicted molar refractivity (Wildman–Crippen MR) is 76.8 cm³/mol. The molecular weight excluding hydrogens is 236 g/mol. The Kier molecular flexibility index (Phi) is 4.14. The second-order valence-electron chi connectivity index (χ2n) is 4.22. The van der Waals surface area contributed by atoms with E-state index < -0.39 is 0 Å². The van der Waals surface area contributed by atoms with E-state index in [1.165, 1.54) is 0 Å². The van der Waals surface area contributed by atoms with Crippen molar-refractivity contribution in [2.45, 2.75) is 6.92 Å². The van der Waals surface area contributed by atoms with Crippen LogP contribution in [0.2, 0.25) is 0 Å². The van der Waals surface area contributed by atoms with E-state index >= 15 is 0 Å². The zero-order chi connectivity index (χ0) is 13.7. The van der Waals surface area contributed by atoms with E-state index in [4.69, 9.17) is 4.74 Å². The molecule has 2 heteroatoms. The number of hydrogen-bond acceptors (Lipinski definition) is 2. The lowest BCUT2D eigenvalue weighted by Gasteiger charge is -2.10. The fourth-order valence-electron chi connectivity index (χ4n) is 1.99. The minimum atomic E-state index is -0.0127. The first-order valence-corrected chi connectivity index (χ1v) is 6.14. The average Bonchev–Trinajstić information content (AvgIpc) is 2.49. The van der Waals surface area contributed by atoms with Crippen molar-refractivity contribution in [3.63, 3.8) is 0 Å². The smallest absolute Gasteiger partial charge is 0.192 e. The van der Waals surface area contributed by atoms with Gasteiger partial charge < -0.3 is 4.74 Å². The molecule has 2 aromatic rings. The Morgan fingerprint density at radius 2 is 1.32 bits per heavy atom. The third-order valence-corrected chi connectivity index (χ3v) is 2.96. The molecule has 0 aliphatic rings. The molecule has 0 aromatic heterocycles. The quantitative estimate of drug-likeness (QED) is 0.468. The molecule has 0 N–H and O–H groups in total. The molecule has 0 unspecified atom stereocenters. The highest BCUT2D eigenvalue weighted by Gasteiger charge is 2.14. The molecule has 0 bridgehead atoms. The lowest BCUT2D eigenvalue weighted by molar-refractivity contribution is 0.103. The molecule has 0 aliphatic carbocycles. The zero-order valence-electron chi connectivity index (χ0n) is 11.1. The number of rotatable bonds is 4. The van der Waals surface area contributed by atoms with Gasteiger partial charge in [-0.05, 0) is 6.92 Å². The predicted octanol–water partition coefficient (Wildman–Crippen LogP) is 3.95. The van der Waals surface area contributed by atoms with Crippen molar-refractivity contribution < 1.29 is 9.53 Å². The van der Waals surface area contributed by atoms with Crippen molar-refractivity contribution in [1.29, 1.82) is 0 Å². The number of methoxy groups -OCH3 is 1. The lowest BCUT2D eigenvalue weighted by Crippen LogP contribution is -2.04. The van der Waals surface area contributed by atoms with E-state index in [1.807, 2.05) is 60.7 Å². The Bertz CT molecular complexity index is 583. The van der Waals surface area contributed by atoms with Crippen LogP contribution in [-0.2, 0) is 4.74 Å².